The van der Waals surface area contributed by atoms with Crippen LogP contribution in [0.5, 0.6) is 0 Å². The molecule has 4 heterocycles. The Morgan fingerprint density at radius 3 is 2.71 bits per heavy atom. The third kappa shape index (κ3) is 4.55. The zero-order valence-corrected chi connectivity index (χ0v) is 19.2. The molecule has 1 aliphatic rings. The van der Waals surface area contributed by atoms with Crippen molar-refractivity contribution in [1.82, 2.24) is 29.0 Å². The van der Waals surface area contributed by atoms with Crippen LogP contribution in [-0.2, 0) is 12.3 Å². The summed E-state index contributed by atoms with van der Waals surface area (Å²) in [5.74, 6) is 1.45. The highest BCUT2D eigenvalue weighted by Crippen LogP contribution is 2.27. The van der Waals surface area contributed by atoms with Gasteiger partial charge in [0.15, 0.2) is 15.9 Å². The van der Waals surface area contributed by atoms with Gasteiger partial charge in [-0.25, -0.2) is 4.98 Å². The number of thiazole rings is 1. The van der Waals surface area contributed by atoms with Crippen molar-refractivity contribution in [3.8, 4) is 5.69 Å². The quantitative estimate of drug-likeness (QED) is 0.390. The van der Waals surface area contributed by atoms with Gasteiger partial charge in [0.25, 0.3) is 5.56 Å². The molecular formula is C21H21ClN6OS2. The molecule has 0 unspecified atom stereocenters. The van der Waals surface area contributed by atoms with Crippen molar-refractivity contribution in [2.24, 2.45) is 0 Å². The zero-order chi connectivity index (χ0) is 21.2. The van der Waals surface area contributed by atoms with Crippen LogP contribution in [0, 0.1) is 0 Å². The van der Waals surface area contributed by atoms with Crippen LogP contribution in [0.4, 0.5) is 0 Å². The number of likely N-dealkylation sites (tertiary alicyclic amines) is 1. The maximum Gasteiger partial charge on any atom is 0.258 e. The molecule has 0 amide bonds. The lowest BCUT2D eigenvalue weighted by Crippen LogP contribution is -2.30. The second-order valence-corrected chi connectivity index (χ2v) is 9.73. The van der Waals surface area contributed by atoms with Gasteiger partial charge in [0.1, 0.15) is 0 Å². The minimum Gasteiger partial charge on any atom is -0.296 e. The maximum atomic E-state index is 12.3. The summed E-state index contributed by atoms with van der Waals surface area (Å²) in [7, 11) is 0. The summed E-state index contributed by atoms with van der Waals surface area (Å²) >= 11 is 9.10. The summed E-state index contributed by atoms with van der Waals surface area (Å²) in [6.45, 7) is 2.94. The minimum atomic E-state index is -0.0631. The lowest BCUT2D eigenvalue weighted by atomic mass is 10.1. The number of hydrogen-bond donors (Lipinski definition) is 0. The number of rotatable bonds is 6. The predicted octanol–water partition coefficient (Wildman–Crippen LogP) is 4.27. The molecule has 0 saturated carbocycles. The van der Waals surface area contributed by atoms with Crippen LogP contribution in [0.25, 0.3) is 10.6 Å². The fourth-order valence-corrected chi connectivity index (χ4v) is 5.49. The average molecular weight is 473 g/mol. The number of fused-ring (bicyclic) bond motifs is 1. The van der Waals surface area contributed by atoms with E-state index in [1.165, 1.54) is 42.4 Å². The molecule has 0 aliphatic carbocycles. The number of benzene rings is 1. The molecule has 31 heavy (non-hydrogen) atoms. The Hall–Kier alpha value is -2.20. The standard InChI is InChI=1S/C21H21ClN6OS2/c22-15-4-6-17(7-5-15)28-18(13-26-8-2-1-3-9-26)24-25-21(28)31-14-16-12-19(29)27-10-11-30-20(27)23-16/h4-7,10-12H,1-3,8-9,13-14H2. The number of nitrogens with zero attached hydrogens (tertiary/aromatic N) is 6. The summed E-state index contributed by atoms with van der Waals surface area (Å²) in [6.07, 6.45) is 5.49. The molecule has 7 nitrogen and oxygen atoms in total. The van der Waals surface area contributed by atoms with Crippen molar-refractivity contribution in [2.75, 3.05) is 13.1 Å². The van der Waals surface area contributed by atoms with E-state index in [1.54, 1.807) is 16.7 Å². The molecule has 160 valence electrons. The largest absolute Gasteiger partial charge is 0.296 e. The van der Waals surface area contributed by atoms with Crippen LogP contribution in [0.15, 0.2) is 51.9 Å². The Labute approximate surface area is 192 Å². The fourth-order valence-electron chi connectivity index (χ4n) is 3.76. The third-order valence-electron chi connectivity index (χ3n) is 5.30. The van der Waals surface area contributed by atoms with Gasteiger partial charge < -0.3 is 0 Å². The molecule has 1 aromatic carbocycles. The smallest absolute Gasteiger partial charge is 0.258 e. The molecule has 1 saturated heterocycles. The predicted molar refractivity (Wildman–Crippen MR) is 124 cm³/mol. The number of aromatic nitrogens is 5. The van der Waals surface area contributed by atoms with E-state index in [0.29, 0.717) is 15.7 Å². The van der Waals surface area contributed by atoms with Crippen LogP contribution in [0.2, 0.25) is 5.02 Å². The van der Waals surface area contributed by atoms with Gasteiger partial charge in [0.05, 0.1) is 12.2 Å². The number of piperidine rings is 1. The zero-order valence-electron chi connectivity index (χ0n) is 16.8. The molecule has 1 fully saturated rings. The Morgan fingerprint density at radius 1 is 1.10 bits per heavy atom. The normalized spacial score (nSPS) is 15.0. The van der Waals surface area contributed by atoms with Gasteiger partial charge in [-0.1, -0.05) is 29.8 Å². The number of thioether (sulfide) groups is 1. The summed E-state index contributed by atoms with van der Waals surface area (Å²) < 4.78 is 3.65. The molecule has 10 heteroatoms. The van der Waals surface area contributed by atoms with Gasteiger partial charge in [0.2, 0.25) is 0 Å². The SMILES string of the molecule is O=c1cc(CSc2nnc(CN3CCCCC3)n2-c2ccc(Cl)cc2)nc2sccn12. The highest BCUT2D eigenvalue weighted by molar-refractivity contribution is 7.98. The van der Waals surface area contributed by atoms with Crippen molar-refractivity contribution in [3.63, 3.8) is 0 Å². The van der Waals surface area contributed by atoms with E-state index in [1.807, 2.05) is 29.6 Å². The molecule has 3 aromatic heterocycles. The topological polar surface area (TPSA) is 68.3 Å². The van der Waals surface area contributed by atoms with E-state index in [4.69, 9.17) is 11.6 Å². The average Bonchev–Trinajstić information content (AvgIpc) is 3.41. The summed E-state index contributed by atoms with van der Waals surface area (Å²) in [6, 6.07) is 9.31. The van der Waals surface area contributed by atoms with Crippen LogP contribution < -0.4 is 5.56 Å². The van der Waals surface area contributed by atoms with Crippen molar-refractivity contribution in [2.45, 2.75) is 36.7 Å². The van der Waals surface area contributed by atoms with Gasteiger partial charge in [-0.05, 0) is 50.2 Å². The van der Waals surface area contributed by atoms with Crippen LogP contribution >= 0.6 is 34.7 Å². The second-order valence-electron chi connectivity index (χ2n) is 7.48. The van der Waals surface area contributed by atoms with Crippen LogP contribution in [0.3, 0.4) is 0 Å². The molecule has 4 aromatic rings. The first-order valence-electron chi connectivity index (χ1n) is 10.2. The van der Waals surface area contributed by atoms with Gasteiger partial charge >= 0.3 is 0 Å². The first-order valence-corrected chi connectivity index (χ1v) is 12.4. The summed E-state index contributed by atoms with van der Waals surface area (Å²) in [5, 5.41) is 12.3. The van der Waals surface area contributed by atoms with E-state index < -0.39 is 0 Å². The number of hydrogen-bond acceptors (Lipinski definition) is 7. The molecule has 0 spiro atoms. The molecular weight excluding hydrogens is 452 g/mol. The van der Waals surface area contributed by atoms with Crippen molar-refractivity contribution in [3.05, 3.63) is 68.8 Å². The van der Waals surface area contributed by atoms with Crippen LogP contribution in [-0.4, -0.2) is 42.1 Å². The third-order valence-corrected chi connectivity index (χ3v) is 7.28. The van der Waals surface area contributed by atoms with Crippen LogP contribution in [0.1, 0.15) is 30.8 Å². The molecule has 0 N–H and O–H groups in total. The Kier molecular flexibility index (Phi) is 6.08. The summed E-state index contributed by atoms with van der Waals surface area (Å²) in [4.78, 5) is 20.0. The Morgan fingerprint density at radius 2 is 1.90 bits per heavy atom. The molecule has 0 radical (unpaired) electrons. The molecule has 0 bridgehead atoms. The van der Waals surface area contributed by atoms with Gasteiger partial charge in [0, 0.05) is 34.1 Å². The molecule has 1 aliphatic heterocycles. The second kappa shape index (κ2) is 9.12. The van der Waals surface area contributed by atoms with Crippen molar-refractivity contribution in [1.29, 1.82) is 0 Å². The van der Waals surface area contributed by atoms with E-state index in [0.717, 1.165) is 42.0 Å². The van der Waals surface area contributed by atoms with Crippen molar-refractivity contribution < 1.29 is 0 Å². The number of halogens is 1. The maximum absolute atomic E-state index is 12.3. The van der Waals surface area contributed by atoms with Gasteiger partial charge in [-0.2, -0.15) is 0 Å². The minimum absolute atomic E-state index is 0.0631. The van der Waals surface area contributed by atoms with E-state index in [2.05, 4.69) is 24.6 Å². The molecule has 5 rings (SSSR count). The highest BCUT2D eigenvalue weighted by Gasteiger charge is 2.19. The Bertz CT molecular complexity index is 1240. The molecule has 0 atom stereocenters. The highest BCUT2D eigenvalue weighted by atomic mass is 35.5. The first kappa shape index (κ1) is 20.7. The van der Waals surface area contributed by atoms with Gasteiger partial charge in [-0.15, -0.1) is 21.5 Å². The lowest BCUT2D eigenvalue weighted by molar-refractivity contribution is 0.214. The lowest BCUT2D eigenvalue weighted by Gasteiger charge is -2.26. The summed E-state index contributed by atoms with van der Waals surface area (Å²) in [5.41, 5.74) is 1.65. The fraction of sp³-hybridized carbons (Fsp3) is 0.333. The van der Waals surface area contributed by atoms with E-state index in [-0.39, 0.29) is 5.56 Å². The van der Waals surface area contributed by atoms with Crippen molar-refractivity contribution >= 4 is 39.7 Å². The first-order chi connectivity index (χ1) is 15.2. The van der Waals surface area contributed by atoms with E-state index in [9.17, 15) is 4.79 Å². The van der Waals surface area contributed by atoms with Gasteiger partial charge in [-0.3, -0.25) is 18.7 Å². The Balaban J connectivity index is 1.43. The van der Waals surface area contributed by atoms with E-state index >= 15 is 0 Å². The monoisotopic (exact) mass is 472 g/mol.